The number of hydrogen-bond acceptors (Lipinski definition) is 2. The highest BCUT2D eigenvalue weighted by Gasteiger charge is 2.41. The minimum Gasteiger partial charge on any atom is -0.496 e. The number of carbonyl (C=O) groups excluding carboxylic acids is 1. The van der Waals surface area contributed by atoms with E-state index >= 15 is 0 Å². The first-order chi connectivity index (χ1) is 7.86. The van der Waals surface area contributed by atoms with E-state index in [0.29, 0.717) is 16.2 Å². The number of carbonyl (C=O) groups is 1. The number of alkyl halides is 3. The molecule has 0 heterocycles. The summed E-state index contributed by atoms with van der Waals surface area (Å²) >= 11 is 0. The Morgan fingerprint density at radius 3 is 2.47 bits per heavy atom. The Balaban J connectivity index is 2.81. The summed E-state index contributed by atoms with van der Waals surface area (Å²) in [7, 11) is 2.52. The second kappa shape index (κ2) is 5.07. The minimum absolute atomic E-state index is 0.150. The third kappa shape index (κ3) is 3.37. The monoisotopic (exact) mass is 247 g/mol. The summed E-state index contributed by atoms with van der Waals surface area (Å²) in [4.78, 5) is 11.5. The van der Waals surface area contributed by atoms with Gasteiger partial charge in [0.05, 0.1) is 7.11 Å². The van der Waals surface area contributed by atoms with Gasteiger partial charge in [-0.25, -0.2) is 0 Å². The molecule has 94 valence electrons. The molecule has 0 atom stereocenters. The number of para-hydroxylation sites is 1. The molecule has 1 amide bonds. The van der Waals surface area contributed by atoms with Gasteiger partial charge in [-0.1, -0.05) is 18.2 Å². The van der Waals surface area contributed by atoms with Crippen molar-refractivity contribution in [2.75, 3.05) is 14.2 Å². The number of hydrogen-bond donors (Lipinski definition) is 0. The number of benzene rings is 1. The van der Waals surface area contributed by atoms with Gasteiger partial charge in [-0.2, -0.15) is 13.2 Å². The molecule has 0 spiro atoms. The van der Waals surface area contributed by atoms with Crippen LogP contribution in [0.1, 0.15) is 5.56 Å². The fourth-order valence-corrected chi connectivity index (χ4v) is 1.38. The van der Waals surface area contributed by atoms with E-state index in [1.807, 2.05) is 0 Å². The summed E-state index contributed by atoms with van der Waals surface area (Å²) in [6.07, 6.45) is -4.85. The molecule has 0 aliphatic rings. The lowest BCUT2D eigenvalue weighted by Crippen LogP contribution is -2.38. The summed E-state index contributed by atoms with van der Waals surface area (Å²) in [6, 6.07) is 6.61. The standard InChI is InChI=1S/C11H12F3NO2/c1-15(10(16)11(12,13)14)7-8-5-3-4-6-9(8)17-2/h3-6H,7H2,1-2H3. The van der Waals surface area contributed by atoms with E-state index in [9.17, 15) is 18.0 Å². The second-order valence-electron chi connectivity index (χ2n) is 3.47. The number of nitrogens with zero attached hydrogens (tertiary/aromatic N) is 1. The average Bonchev–Trinajstić information content (AvgIpc) is 2.27. The van der Waals surface area contributed by atoms with Crippen molar-refractivity contribution in [3.63, 3.8) is 0 Å². The SMILES string of the molecule is COc1ccccc1CN(C)C(=O)C(F)(F)F. The Bertz CT molecular complexity index is 404. The van der Waals surface area contributed by atoms with Gasteiger partial charge in [0, 0.05) is 19.2 Å². The zero-order chi connectivity index (χ0) is 13.1. The summed E-state index contributed by atoms with van der Waals surface area (Å²) in [5.74, 6) is -1.42. The summed E-state index contributed by atoms with van der Waals surface area (Å²) in [5, 5.41) is 0. The van der Waals surface area contributed by atoms with E-state index in [-0.39, 0.29) is 6.54 Å². The molecule has 0 radical (unpaired) electrons. The van der Waals surface area contributed by atoms with E-state index in [4.69, 9.17) is 4.74 Å². The molecular formula is C11H12F3NO2. The molecule has 6 heteroatoms. The lowest BCUT2D eigenvalue weighted by Gasteiger charge is -2.19. The molecule has 0 aromatic heterocycles. The third-order valence-corrected chi connectivity index (χ3v) is 2.19. The maximum Gasteiger partial charge on any atom is 0.471 e. The average molecular weight is 247 g/mol. The van der Waals surface area contributed by atoms with Crippen molar-refractivity contribution in [1.29, 1.82) is 0 Å². The van der Waals surface area contributed by atoms with Crippen LogP contribution in [0.25, 0.3) is 0 Å². The number of methoxy groups -OCH3 is 1. The number of rotatable bonds is 3. The molecule has 0 unspecified atom stereocenters. The highest BCUT2D eigenvalue weighted by atomic mass is 19.4. The van der Waals surface area contributed by atoms with Crippen molar-refractivity contribution in [3.05, 3.63) is 29.8 Å². The van der Waals surface area contributed by atoms with Gasteiger partial charge in [0.2, 0.25) is 0 Å². The van der Waals surface area contributed by atoms with Crippen molar-refractivity contribution in [1.82, 2.24) is 4.90 Å². The van der Waals surface area contributed by atoms with Crippen LogP contribution >= 0.6 is 0 Å². The van der Waals surface area contributed by atoms with E-state index in [0.717, 1.165) is 7.05 Å². The van der Waals surface area contributed by atoms with Gasteiger partial charge < -0.3 is 9.64 Å². The molecule has 0 bridgehead atoms. The fourth-order valence-electron chi connectivity index (χ4n) is 1.38. The van der Waals surface area contributed by atoms with Crippen LogP contribution in [0.2, 0.25) is 0 Å². The lowest BCUT2D eigenvalue weighted by atomic mass is 10.2. The molecule has 1 aromatic rings. The van der Waals surface area contributed by atoms with Crippen LogP contribution in [0.3, 0.4) is 0 Å². The van der Waals surface area contributed by atoms with Crippen LogP contribution in [0.4, 0.5) is 13.2 Å². The summed E-state index contributed by atoms with van der Waals surface area (Å²) < 4.78 is 41.5. The predicted molar refractivity (Wildman–Crippen MR) is 55.5 cm³/mol. The molecule has 0 saturated carbocycles. The Kier molecular flexibility index (Phi) is 3.98. The molecule has 0 aliphatic carbocycles. The first-order valence-corrected chi connectivity index (χ1v) is 4.80. The van der Waals surface area contributed by atoms with Gasteiger partial charge in [-0.15, -0.1) is 0 Å². The van der Waals surface area contributed by atoms with Crippen molar-refractivity contribution >= 4 is 5.91 Å². The van der Waals surface area contributed by atoms with Gasteiger partial charge in [0.15, 0.2) is 0 Å². The van der Waals surface area contributed by atoms with Gasteiger partial charge >= 0.3 is 12.1 Å². The maximum absolute atomic E-state index is 12.2. The van der Waals surface area contributed by atoms with E-state index < -0.39 is 12.1 Å². The Labute approximate surface area is 96.8 Å². The van der Waals surface area contributed by atoms with Crippen LogP contribution < -0.4 is 4.74 Å². The van der Waals surface area contributed by atoms with E-state index in [1.54, 1.807) is 24.3 Å². The fraction of sp³-hybridized carbons (Fsp3) is 0.364. The molecule has 0 N–H and O–H groups in total. The van der Waals surface area contributed by atoms with Gasteiger partial charge in [-0.05, 0) is 6.07 Å². The van der Waals surface area contributed by atoms with Crippen molar-refractivity contribution in [3.8, 4) is 5.75 Å². The Morgan fingerprint density at radius 2 is 1.94 bits per heavy atom. The van der Waals surface area contributed by atoms with Crippen LogP contribution in [-0.4, -0.2) is 31.1 Å². The van der Waals surface area contributed by atoms with Gasteiger partial charge in [-0.3, -0.25) is 4.79 Å². The predicted octanol–water partition coefficient (Wildman–Crippen LogP) is 2.22. The first kappa shape index (κ1) is 13.3. The largest absolute Gasteiger partial charge is 0.496 e. The van der Waals surface area contributed by atoms with Crippen LogP contribution in [0, 0.1) is 0 Å². The molecule has 1 rings (SSSR count). The Hall–Kier alpha value is -1.72. The third-order valence-electron chi connectivity index (χ3n) is 2.19. The van der Waals surface area contributed by atoms with E-state index in [2.05, 4.69) is 0 Å². The van der Waals surface area contributed by atoms with Crippen LogP contribution in [0.15, 0.2) is 24.3 Å². The topological polar surface area (TPSA) is 29.5 Å². The minimum atomic E-state index is -4.85. The number of amides is 1. The second-order valence-corrected chi connectivity index (χ2v) is 3.47. The van der Waals surface area contributed by atoms with Gasteiger partial charge in [0.25, 0.3) is 0 Å². The molecule has 1 aromatic carbocycles. The zero-order valence-electron chi connectivity index (χ0n) is 9.41. The quantitative estimate of drug-likeness (QED) is 0.819. The molecule has 0 fully saturated rings. The number of halogens is 3. The smallest absolute Gasteiger partial charge is 0.471 e. The highest BCUT2D eigenvalue weighted by Crippen LogP contribution is 2.22. The lowest BCUT2D eigenvalue weighted by molar-refractivity contribution is -0.184. The zero-order valence-corrected chi connectivity index (χ0v) is 9.41. The van der Waals surface area contributed by atoms with Crippen LogP contribution in [0.5, 0.6) is 5.75 Å². The maximum atomic E-state index is 12.2. The summed E-state index contributed by atoms with van der Waals surface area (Å²) in [5.41, 5.74) is 0.523. The van der Waals surface area contributed by atoms with E-state index in [1.165, 1.54) is 7.11 Å². The van der Waals surface area contributed by atoms with Crippen molar-refractivity contribution in [2.24, 2.45) is 0 Å². The molecule has 0 aliphatic heterocycles. The molecule has 0 saturated heterocycles. The summed E-state index contributed by atoms with van der Waals surface area (Å²) in [6.45, 7) is -0.150. The Morgan fingerprint density at radius 1 is 1.35 bits per heavy atom. The van der Waals surface area contributed by atoms with Crippen molar-refractivity contribution < 1.29 is 22.7 Å². The molecule has 17 heavy (non-hydrogen) atoms. The highest BCUT2D eigenvalue weighted by molar-refractivity contribution is 5.81. The van der Waals surface area contributed by atoms with Crippen LogP contribution in [-0.2, 0) is 11.3 Å². The number of ether oxygens (including phenoxy) is 1. The normalized spacial score (nSPS) is 11.1. The van der Waals surface area contributed by atoms with Crippen molar-refractivity contribution in [2.45, 2.75) is 12.7 Å². The molecular weight excluding hydrogens is 235 g/mol. The van der Waals surface area contributed by atoms with Gasteiger partial charge in [0.1, 0.15) is 5.75 Å². The molecule has 3 nitrogen and oxygen atoms in total. The first-order valence-electron chi connectivity index (χ1n) is 4.80.